The summed E-state index contributed by atoms with van der Waals surface area (Å²) in [5, 5.41) is 0. The molecule has 138 valence electrons. The van der Waals surface area contributed by atoms with Gasteiger partial charge in [0.1, 0.15) is 0 Å². The number of sulfonamides is 1. The van der Waals surface area contributed by atoms with Crippen molar-refractivity contribution in [3.63, 3.8) is 0 Å². The van der Waals surface area contributed by atoms with Crippen LogP contribution in [0.5, 0.6) is 0 Å². The molecule has 7 heteroatoms. The third-order valence-electron chi connectivity index (χ3n) is 3.78. The van der Waals surface area contributed by atoms with Gasteiger partial charge in [0.15, 0.2) is 0 Å². The van der Waals surface area contributed by atoms with E-state index in [2.05, 4.69) is 4.72 Å². The summed E-state index contributed by atoms with van der Waals surface area (Å²) in [5.41, 5.74) is -1.05. The SMILES string of the molecule is CC(C)OCC(NS(C)(=O)=O)C(C)(C)CC(C)(C)C(=O)N(C)C. The fourth-order valence-corrected chi connectivity index (χ4v) is 3.81. The molecule has 0 aliphatic heterocycles. The van der Waals surface area contributed by atoms with Crippen molar-refractivity contribution in [2.24, 2.45) is 10.8 Å². The Labute approximate surface area is 142 Å². The first-order chi connectivity index (χ1) is 10.1. The van der Waals surface area contributed by atoms with Crippen molar-refractivity contribution < 1.29 is 17.9 Å². The van der Waals surface area contributed by atoms with Crippen LogP contribution in [0.3, 0.4) is 0 Å². The van der Waals surface area contributed by atoms with E-state index in [1.807, 2.05) is 41.5 Å². The number of ether oxygens (including phenoxy) is 1. The summed E-state index contributed by atoms with van der Waals surface area (Å²) < 4.78 is 31.7. The predicted octanol–water partition coefficient (Wildman–Crippen LogP) is 1.86. The molecule has 0 aromatic carbocycles. The standard InChI is InChI=1S/C16H34N2O4S/c1-12(2)22-10-13(17-23(9,20)21)15(3,4)11-16(5,6)14(19)18(7)8/h12-13,17H,10-11H2,1-9H3. The molecule has 0 heterocycles. The largest absolute Gasteiger partial charge is 0.377 e. The van der Waals surface area contributed by atoms with Crippen LogP contribution in [-0.4, -0.2) is 58.3 Å². The predicted molar refractivity (Wildman–Crippen MR) is 93.7 cm³/mol. The van der Waals surface area contributed by atoms with Crippen LogP contribution < -0.4 is 4.72 Å². The molecule has 0 radical (unpaired) electrons. The average molecular weight is 351 g/mol. The minimum Gasteiger partial charge on any atom is -0.377 e. The van der Waals surface area contributed by atoms with Crippen LogP contribution in [0.25, 0.3) is 0 Å². The summed E-state index contributed by atoms with van der Waals surface area (Å²) >= 11 is 0. The number of nitrogens with zero attached hydrogens (tertiary/aromatic N) is 1. The third kappa shape index (κ3) is 8.13. The summed E-state index contributed by atoms with van der Waals surface area (Å²) in [4.78, 5) is 13.9. The van der Waals surface area contributed by atoms with Crippen LogP contribution in [0.4, 0.5) is 0 Å². The van der Waals surface area contributed by atoms with E-state index in [0.717, 1.165) is 6.26 Å². The van der Waals surface area contributed by atoms with Crippen molar-refractivity contribution in [2.45, 2.75) is 60.1 Å². The molecule has 1 atom stereocenters. The molecule has 1 unspecified atom stereocenters. The van der Waals surface area contributed by atoms with E-state index in [-0.39, 0.29) is 18.6 Å². The molecule has 0 rings (SSSR count). The highest BCUT2D eigenvalue weighted by atomic mass is 32.2. The van der Waals surface area contributed by atoms with Crippen LogP contribution in [-0.2, 0) is 19.6 Å². The summed E-state index contributed by atoms with van der Waals surface area (Å²) in [6.07, 6.45) is 1.68. The summed E-state index contributed by atoms with van der Waals surface area (Å²) in [6.45, 7) is 11.8. The molecule has 6 nitrogen and oxygen atoms in total. The van der Waals surface area contributed by atoms with E-state index >= 15 is 0 Å². The summed E-state index contributed by atoms with van der Waals surface area (Å²) in [5.74, 6) is 0.0217. The normalized spacial score (nSPS) is 14.9. The molecule has 1 N–H and O–H groups in total. The number of rotatable bonds is 9. The van der Waals surface area contributed by atoms with Crippen molar-refractivity contribution in [1.29, 1.82) is 0 Å². The highest BCUT2D eigenvalue weighted by molar-refractivity contribution is 7.88. The fraction of sp³-hybridized carbons (Fsp3) is 0.938. The van der Waals surface area contributed by atoms with Gasteiger partial charge in [0, 0.05) is 19.5 Å². The molecule has 0 spiro atoms. The van der Waals surface area contributed by atoms with Crippen molar-refractivity contribution in [3.8, 4) is 0 Å². The van der Waals surface area contributed by atoms with Gasteiger partial charge in [-0.15, -0.1) is 0 Å². The highest BCUT2D eigenvalue weighted by Gasteiger charge is 2.40. The van der Waals surface area contributed by atoms with E-state index in [4.69, 9.17) is 4.74 Å². The summed E-state index contributed by atoms with van der Waals surface area (Å²) in [6, 6.07) is -0.408. The monoisotopic (exact) mass is 350 g/mol. The molecule has 0 fully saturated rings. The lowest BCUT2D eigenvalue weighted by Crippen LogP contribution is -2.51. The van der Waals surface area contributed by atoms with Gasteiger partial charge in [-0.05, 0) is 25.7 Å². The molecule has 0 aromatic rings. The maximum Gasteiger partial charge on any atom is 0.227 e. The molecule has 23 heavy (non-hydrogen) atoms. The number of carbonyl (C=O) groups is 1. The van der Waals surface area contributed by atoms with Crippen LogP contribution in [0, 0.1) is 10.8 Å². The molecule has 1 amide bonds. The third-order valence-corrected chi connectivity index (χ3v) is 4.49. The number of carbonyl (C=O) groups excluding carboxylic acids is 1. The molecule has 0 aliphatic carbocycles. The second-order valence-corrected chi connectivity index (χ2v) is 9.85. The average Bonchev–Trinajstić information content (AvgIpc) is 2.30. The van der Waals surface area contributed by atoms with Crippen molar-refractivity contribution >= 4 is 15.9 Å². The van der Waals surface area contributed by atoms with Crippen LogP contribution >= 0.6 is 0 Å². The topological polar surface area (TPSA) is 75.7 Å². The molecular formula is C16H34N2O4S. The van der Waals surface area contributed by atoms with Crippen molar-refractivity contribution in [2.75, 3.05) is 27.0 Å². The lowest BCUT2D eigenvalue weighted by molar-refractivity contribution is -0.139. The molecule has 0 saturated heterocycles. The van der Waals surface area contributed by atoms with Crippen molar-refractivity contribution in [1.82, 2.24) is 9.62 Å². The minimum absolute atomic E-state index is 0.00563. The second-order valence-electron chi connectivity index (χ2n) is 8.07. The van der Waals surface area contributed by atoms with E-state index < -0.39 is 26.9 Å². The van der Waals surface area contributed by atoms with Gasteiger partial charge in [0.2, 0.25) is 15.9 Å². The van der Waals surface area contributed by atoms with Gasteiger partial charge >= 0.3 is 0 Å². The van der Waals surface area contributed by atoms with Crippen molar-refractivity contribution in [3.05, 3.63) is 0 Å². The van der Waals surface area contributed by atoms with Gasteiger partial charge in [-0.25, -0.2) is 13.1 Å². The zero-order valence-corrected chi connectivity index (χ0v) is 16.9. The van der Waals surface area contributed by atoms with Gasteiger partial charge in [-0.3, -0.25) is 4.79 Å². The van der Waals surface area contributed by atoms with E-state index in [1.54, 1.807) is 19.0 Å². The number of hydrogen-bond donors (Lipinski definition) is 1. The second kappa shape index (κ2) is 7.94. The Morgan fingerprint density at radius 2 is 1.65 bits per heavy atom. The summed E-state index contributed by atoms with van der Waals surface area (Å²) in [7, 11) is 0.0829. The zero-order valence-electron chi connectivity index (χ0n) is 16.1. The Kier molecular flexibility index (Phi) is 7.71. The number of amides is 1. The molecule has 0 aliphatic rings. The Morgan fingerprint density at radius 3 is 2.00 bits per heavy atom. The van der Waals surface area contributed by atoms with Gasteiger partial charge in [-0.2, -0.15) is 0 Å². The number of nitrogens with one attached hydrogen (secondary N) is 1. The van der Waals surface area contributed by atoms with Crippen LogP contribution in [0.1, 0.15) is 48.0 Å². The zero-order chi connectivity index (χ0) is 18.6. The van der Waals surface area contributed by atoms with Gasteiger partial charge in [0.25, 0.3) is 0 Å². The van der Waals surface area contributed by atoms with Crippen LogP contribution in [0.15, 0.2) is 0 Å². The van der Waals surface area contributed by atoms with E-state index in [1.165, 1.54) is 0 Å². The lowest BCUT2D eigenvalue weighted by atomic mass is 9.71. The maximum atomic E-state index is 12.4. The lowest BCUT2D eigenvalue weighted by Gasteiger charge is -2.40. The first-order valence-corrected chi connectivity index (χ1v) is 9.78. The number of hydrogen-bond acceptors (Lipinski definition) is 4. The van der Waals surface area contributed by atoms with E-state index in [9.17, 15) is 13.2 Å². The minimum atomic E-state index is -3.37. The Hall–Kier alpha value is -0.660. The molecule has 0 aromatic heterocycles. The van der Waals surface area contributed by atoms with Crippen LogP contribution in [0.2, 0.25) is 0 Å². The smallest absolute Gasteiger partial charge is 0.227 e. The molecule has 0 saturated carbocycles. The maximum absolute atomic E-state index is 12.4. The fourth-order valence-electron chi connectivity index (χ4n) is 2.91. The Bertz CT molecular complexity index is 496. The van der Waals surface area contributed by atoms with Gasteiger partial charge < -0.3 is 9.64 Å². The quantitative estimate of drug-likeness (QED) is 0.689. The van der Waals surface area contributed by atoms with Gasteiger partial charge in [-0.1, -0.05) is 27.7 Å². The van der Waals surface area contributed by atoms with Gasteiger partial charge in [0.05, 0.1) is 25.0 Å². The molecular weight excluding hydrogens is 316 g/mol. The Balaban J connectivity index is 5.35. The highest BCUT2D eigenvalue weighted by Crippen LogP contribution is 2.37. The first-order valence-electron chi connectivity index (χ1n) is 7.89. The van der Waals surface area contributed by atoms with E-state index in [0.29, 0.717) is 6.42 Å². The first kappa shape index (κ1) is 22.3. The molecule has 0 bridgehead atoms. The Morgan fingerprint density at radius 1 is 1.17 bits per heavy atom.